The molecule has 1 aromatic heterocycles. The number of nitrogens with one attached hydrogen (secondary N) is 1. The van der Waals surface area contributed by atoms with Crippen molar-refractivity contribution in [1.29, 1.82) is 0 Å². The molecule has 0 aliphatic heterocycles. The van der Waals surface area contributed by atoms with E-state index in [1.54, 1.807) is 35.6 Å². The molecule has 0 saturated carbocycles. The SMILES string of the molecule is CS(=O)(=O)Cc1cccc(C(=O)NCCc2cccs2)c1. The van der Waals surface area contributed by atoms with Crippen molar-refractivity contribution in [3.63, 3.8) is 0 Å². The summed E-state index contributed by atoms with van der Waals surface area (Å²) in [7, 11) is -3.10. The Balaban J connectivity index is 1.94. The van der Waals surface area contributed by atoms with E-state index in [0.717, 1.165) is 6.42 Å². The topological polar surface area (TPSA) is 63.2 Å². The Kier molecular flexibility index (Phi) is 5.14. The lowest BCUT2D eigenvalue weighted by molar-refractivity contribution is 0.0954. The molecule has 0 fully saturated rings. The zero-order valence-electron chi connectivity index (χ0n) is 11.7. The largest absolute Gasteiger partial charge is 0.352 e. The molecule has 6 heteroatoms. The first-order valence-corrected chi connectivity index (χ1v) is 9.45. The maximum Gasteiger partial charge on any atom is 0.251 e. The molecule has 1 aromatic carbocycles. The zero-order valence-corrected chi connectivity index (χ0v) is 13.3. The van der Waals surface area contributed by atoms with Crippen LogP contribution in [-0.4, -0.2) is 27.1 Å². The van der Waals surface area contributed by atoms with E-state index in [1.807, 2.05) is 17.5 Å². The van der Waals surface area contributed by atoms with Crippen molar-refractivity contribution in [1.82, 2.24) is 5.32 Å². The van der Waals surface area contributed by atoms with Crippen LogP contribution in [0.25, 0.3) is 0 Å². The highest BCUT2D eigenvalue weighted by Crippen LogP contribution is 2.10. The number of carbonyl (C=O) groups excluding carboxylic acids is 1. The van der Waals surface area contributed by atoms with Gasteiger partial charge in [-0.15, -0.1) is 11.3 Å². The fourth-order valence-electron chi connectivity index (χ4n) is 1.96. The maximum absolute atomic E-state index is 12.0. The number of amides is 1. The third-order valence-corrected chi connectivity index (χ3v) is 4.65. The van der Waals surface area contributed by atoms with Crippen LogP contribution < -0.4 is 5.32 Å². The van der Waals surface area contributed by atoms with Gasteiger partial charge in [-0.2, -0.15) is 0 Å². The van der Waals surface area contributed by atoms with E-state index in [0.29, 0.717) is 17.7 Å². The number of benzene rings is 1. The van der Waals surface area contributed by atoms with E-state index in [1.165, 1.54) is 11.1 Å². The number of carbonyl (C=O) groups is 1. The Bertz CT molecular complexity index is 706. The van der Waals surface area contributed by atoms with Crippen molar-refractivity contribution in [3.8, 4) is 0 Å². The Morgan fingerprint density at radius 3 is 2.71 bits per heavy atom. The van der Waals surface area contributed by atoms with Crippen LogP contribution in [-0.2, 0) is 22.0 Å². The molecule has 0 spiro atoms. The molecule has 4 nitrogen and oxygen atoms in total. The second-order valence-corrected chi connectivity index (χ2v) is 8.03. The molecule has 0 aliphatic rings. The predicted octanol–water partition coefficient (Wildman–Crippen LogP) is 2.27. The molecular weight excluding hydrogens is 306 g/mol. The molecule has 0 aliphatic carbocycles. The summed E-state index contributed by atoms with van der Waals surface area (Å²) in [5.41, 5.74) is 1.12. The smallest absolute Gasteiger partial charge is 0.251 e. The Hall–Kier alpha value is -1.66. The monoisotopic (exact) mass is 323 g/mol. The summed E-state index contributed by atoms with van der Waals surface area (Å²) in [5.74, 6) is -0.231. The zero-order chi connectivity index (χ0) is 15.3. The summed E-state index contributed by atoms with van der Waals surface area (Å²) in [4.78, 5) is 13.3. The normalized spacial score (nSPS) is 11.3. The molecule has 1 amide bonds. The third-order valence-electron chi connectivity index (χ3n) is 2.86. The first-order chi connectivity index (χ1) is 9.94. The van der Waals surface area contributed by atoms with Crippen molar-refractivity contribution in [2.45, 2.75) is 12.2 Å². The van der Waals surface area contributed by atoms with Gasteiger partial charge in [0.25, 0.3) is 5.91 Å². The molecule has 2 aromatic rings. The highest BCUT2D eigenvalue weighted by molar-refractivity contribution is 7.89. The number of hydrogen-bond acceptors (Lipinski definition) is 4. The molecule has 1 N–H and O–H groups in total. The van der Waals surface area contributed by atoms with Gasteiger partial charge in [-0.25, -0.2) is 8.42 Å². The van der Waals surface area contributed by atoms with Gasteiger partial charge >= 0.3 is 0 Å². The van der Waals surface area contributed by atoms with Crippen molar-refractivity contribution in [3.05, 3.63) is 57.8 Å². The average molecular weight is 323 g/mol. The molecule has 21 heavy (non-hydrogen) atoms. The summed E-state index contributed by atoms with van der Waals surface area (Å²) in [5, 5.41) is 4.85. The lowest BCUT2D eigenvalue weighted by Crippen LogP contribution is -2.25. The van der Waals surface area contributed by atoms with Gasteiger partial charge in [0.1, 0.15) is 0 Å². The van der Waals surface area contributed by atoms with Crippen LogP contribution in [0.2, 0.25) is 0 Å². The van der Waals surface area contributed by atoms with Crippen molar-refractivity contribution < 1.29 is 13.2 Å². The highest BCUT2D eigenvalue weighted by atomic mass is 32.2. The first-order valence-electron chi connectivity index (χ1n) is 6.51. The molecule has 0 bridgehead atoms. The van der Waals surface area contributed by atoms with Gasteiger partial charge in [-0.05, 0) is 35.6 Å². The van der Waals surface area contributed by atoms with Gasteiger partial charge < -0.3 is 5.32 Å². The van der Waals surface area contributed by atoms with E-state index in [9.17, 15) is 13.2 Å². The minimum atomic E-state index is -3.10. The number of rotatable bonds is 6. The van der Waals surface area contributed by atoms with Crippen LogP contribution in [0.1, 0.15) is 20.8 Å². The van der Waals surface area contributed by atoms with Gasteiger partial charge in [0.15, 0.2) is 9.84 Å². The van der Waals surface area contributed by atoms with Crippen LogP contribution in [0.3, 0.4) is 0 Å². The van der Waals surface area contributed by atoms with Crippen molar-refractivity contribution in [2.75, 3.05) is 12.8 Å². The molecule has 0 radical (unpaired) electrons. The summed E-state index contributed by atoms with van der Waals surface area (Å²) in [6.45, 7) is 0.565. The Morgan fingerprint density at radius 2 is 2.05 bits per heavy atom. The molecular formula is C15H17NO3S2. The number of sulfone groups is 1. The Morgan fingerprint density at radius 1 is 1.24 bits per heavy atom. The maximum atomic E-state index is 12.0. The number of thiophene rings is 1. The Labute approximate surface area is 128 Å². The molecule has 0 atom stereocenters. The van der Waals surface area contributed by atoms with Crippen LogP contribution in [0.5, 0.6) is 0 Å². The van der Waals surface area contributed by atoms with Gasteiger partial charge in [-0.3, -0.25) is 4.79 Å². The van der Waals surface area contributed by atoms with E-state index < -0.39 is 9.84 Å². The van der Waals surface area contributed by atoms with E-state index in [4.69, 9.17) is 0 Å². The van der Waals surface area contributed by atoms with Crippen molar-refractivity contribution >= 4 is 27.1 Å². The summed E-state index contributed by atoms with van der Waals surface area (Å²) in [6, 6.07) is 10.7. The second-order valence-electron chi connectivity index (χ2n) is 4.86. The van der Waals surface area contributed by atoms with Crippen LogP contribution in [0.15, 0.2) is 41.8 Å². The fourth-order valence-corrected chi connectivity index (χ4v) is 3.46. The van der Waals surface area contributed by atoms with E-state index >= 15 is 0 Å². The number of hydrogen-bond donors (Lipinski definition) is 1. The first kappa shape index (κ1) is 15.7. The third kappa shape index (κ3) is 5.32. The van der Waals surface area contributed by atoms with E-state index in [2.05, 4.69) is 5.32 Å². The quantitative estimate of drug-likeness (QED) is 0.887. The molecule has 112 valence electrons. The minimum Gasteiger partial charge on any atom is -0.352 e. The lowest BCUT2D eigenvalue weighted by atomic mass is 10.1. The van der Waals surface area contributed by atoms with Crippen LogP contribution in [0.4, 0.5) is 0 Å². The van der Waals surface area contributed by atoms with Crippen molar-refractivity contribution in [2.24, 2.45) is 0 Å². The lowest BCUT2D eigenvalue weighted by Gasteiger charge is -2.06. The summed E-state index contributed by atoms with van der Waals surface area (Å²) in [6.07, 6.45) is 1.98. The highest BCUT2D eigenvalue weighted by Gasteiger charge is 2.09. The fraction of sp³-hybridized carbons (Fsp3) is 0.267. The summed E-state index contributed by atoms with van der Waals surface area (Å²) < 4.78 is 22.6. The van der Waals surface area contributed by atoms with Crippen LogP contribution >= 0.6 is 11.3 Å². The molecule has 1 heterocycles. The molecule has 0 saturated heterocycles. The van der Waals surface area contributed by atoms with Gasteiger partial charge in [0, 0.05) is 23.2 Å². The van der Waals surface area contributed by atoms with Gasteiger partial charge in [-0.1, -0.05) is 18.2 Å². The molecule has 2 rings (SSSR count). The van der Waals surface area contributed by atoms with Crippen LogP contribution in [0, 0.1) is 0 Å². The standard InChI is InChI=1S/C15H17NO3S2/c1-21(18,19)11-12-4-2-5-13(10-12)15(17)16-8-7-14-6-3-9-20-14/h2-6,9-10H,7-8,11H2,1H3,(H,16,17). The molecule has 0 unspecified atom stereocenters. The van der Waals surface area contributed by atoms with E-state index in [-0.39, 0.29) is 11.7 Å². The second kappa shape index (κ2) is 6.87. The predicted molar refractivity (Wildman–Crippen MR) is 85.3 cm³/mol. The van der Waals surface area contributed by atoms with Gasteiger partial charge in [0.05, 0.1) is 5.75 Å². The average Bonchev–Trinajstić information content (AvgIpc) is 2.90. The minimum absolute atomic E-state index is 0.0523. The summed E-state index contributed by atoms with van der Waals surface area (Å²) >= 11 is 1.66. The van der Waals surface area contributed by atoms with Gasteiger partial charge in [0.2, 0.25) is 0 Å².